The summed E-state index contributed by atoms with van der Waals surface area (Å²) in [5.74, 6) is 0. The van der Waals surface area contributed by atoms with Crippen LogP contribution >= 0.6 is 0 Å². The van der Waals surface area contributed by atoms with E-state index in [9.17, 15) is 0 Å². The van der Waals surface area contributed by atoms with Gasteiger partial charge in [0, 0.05) is 0 Å². The molecule has 0 fully saturated rings. The molecule has 0 bridgehead atoms. The van der Waals surface area contributed by atoms with Crippen LogP contribution in [0.5, 0.6) is 0 Å². The lowest BCUT2D eigenvalue weighted by molar-refractivity contribution is 1.19. The second-order valence-corrected chi connectivity index (χ2v) is 9.63. The Morgan fingerprint density at radius 2 is 1.41 bits per heavy atom. The molecule has 3 aromatic carbocycles. The third-order valence-electron chi connectivity index (χ3n) is 5.32. The molecule has 1 aliphatic rings. The first-order valence-corrected chi connectivity index (χ1v) is 11.2. The average Bonchev–Trinajstić information content (AvgIpc) is 3.05. The topological polar surface area (TPSA) is 0 Å². The number of aryl methyl sites for hydroxylation is 2. The van der Waals surface area contributed by atoms with Gasteiger partial charge in [0.2, 0.25) is 0 Å². The zero-order valence-corrected chi connectivity index (χ0v) is 17.6. The smallest absolute Gasteiger partial charge is 0.0748 e. The molecule has 0 spiro atoms. The van der Waals surface area contributed by atoms with Crippen LogP contribution in [0.4, 0.5) is 0 Å². The minimum Gasteiger partial charge on any atom is -0.0748 e. The molecule has 134 valence electrons. The van der Waals surface area contributed by atoms with Gasteiger partial charge in [-0.2, -0.15) is 0 Å². The van der Waals surface area contributed by atoms with Crippen LogP contribution in [0.2, 0.25) is 0 Å². The fraction of sp³-hybridized carbons (Fsp3) is 0.154. The molecule has 27 heavy (non-hydrogen) atoms. The standard InChI is InChI=1S/C26H26Si/c1-19-15-20(2)17-22(16-19)24-13-14-26(27-23-11-7-4-8-12-23)25(24)18-21-9-5-3-6-10-21/h3-13,15-17H,14,18,27H2,1-2H3. The molecule has 0 atom stereocenters. The van der Waals surface area contributed by atoms with Gasteiger partial charge < -0.3 is 0 Å². The van der Waals surface area contributed by atoms with Crippen molar-refractivity contribution in [2.45, 2.75) is 26.7 Å². The molecule has 0 saturated heterocycles. The van der Waals surface area contributed by atoms with Crippen LogP contribution in [0.25, 0.3) is 5.57 Å². The summed E-state index contributed by atoms with van der Waals surface area (Å²) in [4.78, 5) is 0. The monoisotopic (exact) mass is 366 g/mol. The van der Waals surface area contributed by atoms with E-state index in [1.54, 1.807) is 10.8 Å². The van der Waals surface area contributed by atoms with Gasteiger partial charge in [-0.25, -0.2) is 0 Å². The van der Waals surface area contributed by atoms with E-state index >= 15 is 0 Å². The van der Waals surface area contributed by atoms with Crippen LogP contribution < -0.4 is 5.19 Å². The van der Waals surface area contributed by atoms with E-state index in [-0.39, 0.29) is 0 Å². The number of allylic oxidation sites excluding steroid dienone is 4. The van der Waals surface area contributed by atoms with Gasteiger partial charge in [0.1, 0.15) is 0 Å². The van der Waals surface area contributed by atoms with Gasteiger partial charge in [0.15, 0.2) is 0 Å². The average molecular weight is 367 g/mol. The molecular formula is C26H26Si. The van der Waals surface area contributed by atoms with Crippen molar-refractivity contribution < 1.29 is 0 Å². The van der Waals surface area contributed by atoms with Crippen LogP contribution in [0, 0.1) is 13.8 Å². The Bertz CT molecular complexity index is 975. The molecule has 0 unspecified atom stereocenters. The minimum atomic E-state index is -0.427. The van der Waals surface area contributed by atoms with Gasteiger partial charge in [-0.3, -0.25) is 0 Å². The lowest BCUT2D eigenvalue weighted by atomic mass is 9.93. The van der Waals surface area contributed by atoms with Crippen molar-refractivity contribution in [3.63, 3.8) is 0 Å². The molecule has 1 heteroatoms. The van der Waals surface area contributed by atoms with E-state index in [1.165, 1.54) is 33.0 Å². The van der Waals surface area contributed by atoms with Crippen molar-refractivity contribution in [3.05, 3.63) is 118 Å². The van der Waals surface area contributed by atoms with Crippen LogP contribution in [0.3, 0.4) is 0 Å². The van der Waals surface area contributed by atoms with E-state index in [0.29, 0.717) is 0 Å². The first kappa shape index (κ1) is 17.8. The molecule has 0 aromatic heterocycles. The Labute approximate surface area is 165 Å². The Morgan fingerprint density at radius 3 is 2.07 bits per heavy atom. The second-order valence-electron chi connectivity index (χ2n) is 7.61. The molecule has 0 aliphatic heterocycles. The zero-order valence-electron chi connectivity index (χ0n) is 16.2. The summed E-state index contributed by atoms with van der Waals surface area (Å²) in [7, 11) is -0.427. The summed E-state index contributed by atoms with van der Waals surface area (Å²) < 4.78 is 0. The van der Waals surface area contributed by atoms with Crippen molar-refractivity contribution >= 4 is 20.3 Å². The zero-order chi connectivity index (χ0) is 18.6. The lowest BCUT2D eigenvalue weighted by Crippen LogP contribution is -2.16. The van der Waals surface area contributed by atoms with Crippen LogP contribution in [-0.2, 0) is 6.42 Å². The van der Waals surface area contributed by atoms with Crippen LogP contribution in [0.1, 0.15) is 28.7 Å². The highest BCUT2D eigenvalue weighted by atomic mass is 28.2. The van der Waals surface area contributed by atoms with Crippen molar-refractivity contribution in [2.24, 2.45) is 0 Å². The normalized spacial score (nSPS) is 14.2. The lowest BCUT2D eigenvalue weighted by Gasteiger charge is -2.14. The number of hydrogen-bond acceptors (Lipinski definition) is 0. The first-order chi connectivity index (χ1) is 13.2. The van der Waals surface area contributed by atoms with E-state index in [0.717, 1.165) is 12.8 Å². The summed E-state index contributed by atoms with van der Waals surface area (Å²) in [5, 5.41) is 3.23. The summed E-state index contributed by atoms with van der Waals surface area (Å²) in [6.07, 6.45) is 4.62. The largest absolute Gasteiger partial charge is 0.0832 e. The van der Waals surface area contributed by atoms with Crippen LogP contribution in [-0.4, -0.2) is 9.52 Å². The number of benzene rings is 3. The van der Waals surface area contributed by atoms with Crippen molar-refractivity contribution in [2.75, 3.05) is 0 Å². The summed E-state index contributed by atoms with van der Waals surface area (Å²) in [6, 6.07) is 28.9. The van der Waals surface area contributed by atoms with E-state index < -0.39 is 9.52 Å². The molecule has 0 nitrogen and oxygen atoms in total. The molecule has 1 aliphatic carbocycles. The fourth-order valence-electron chi connectivity index (χ4n) is 4.13. The summed E-state index contributed by atoms with van der Waals surface area (Å²) in [5.41, 5.74) is 8.52. The Morgan fingerprint density at radius 1 is 0.778 bits per heavy atom. The highest BCUT2D eigenvalue weighted by Crippen LogP contribution is 2.36. The molecular weight excluding hydrogens is 340 g/mol. The summed E-state index contributed by atoms with van der Waals surface area (Å²) in [6.45, 7) is 4.40. The Balaban J connectivity index is 1.73. The van der Waals surface area contributed by atoms with Gasteiger partial charge in [0.05, 0.1) is 9.52 Å². The van der Waals surface area contributed by atoms with Crippen LogP contribution in [0.15, 0.2) is 95.7 Å². The first-order valence-electron chi connectivity index (χ1n) is 9.77. The van der Waals surface area contributed by atoms with E-state index in [1.807, 2.05) is 0 Å². The number of hydrogen-bond donors (Lipinski definition) is 0. The number of rotatable bonds is 5. The van der Waals surface area contributed by atoms with Gasteiger partial charge in [0.25, 0.3) is 0 Å². The SMILES string of the molecule is Cc1cc(C)cc(C2=CCC([SiH2]c3ccccc3)=C2Cc2ccccc2)c1. The maximum atomic E-state index is 2.47. The highest BCUT2D eigenvalue weighted by Gasteiger charge is 2.20. The third-order valence-corrected chi connectivity index (χ3v) is 7.34. The van der Waals surface area contributed by atoms with Gasteiger partial charge >= 0.3 is 0 Å². The predicted octanol–water partition coefficient (Wildman–Crippen LogP) is 5.08. The van der Waals surface area contributed by atoms with Crippen molar-refractivity contribution in [3.8, 4) is 0 Å². The highest BCUT2D eigenvalue weighted by molar-refractivity contribution is 6.61. The molecule has 0 N–H and O–H groups in total. The molecule has 4 rings (SSSR count). The maximum absolute atomic E-state index is 2.47. The van der Waals surface area contributed by atoms with Gasteiger partial charge in [-0.05, 0) is 49.0 Å². The van der Waals surface area contributed by atoms with Crippen molar-refractivity contribution in [1.29, 1.82) is 0 Å². The predicted molar refractivity (Wildman–Crippen MR) is 120 cm³/mol. The fourth-order valence-corrected chi connectivity index (χ4v) is 5.94. The van der Waals surface area contributed by atoms with Crippen molar-refractivity contribution in [1.82, 2.24) is 0 Å². The van der Waals surface area contributed by atoms with Gasteiger partial charge in [-0.1, -0.05) is 106 Å². The molecule has 0 amide bonds. The Hall–Kier alpha value is -2.64. The molecule has 0 radical (unpaired) electrons. The summed E-state index contributed by atoms with van der Waals surface area (Å²) >= 11 is 0. The second kappa shape index (κ2) is 7.94. The van der Waals surface area contributed by atoms with Gasteiger partial charge in [-0.15, -0.1) is 0 Å². The molecule has 0 saturated carbocycles. The quantitative estimate of drug-likeness (QED) is 0.552. The third kappa shape index (κ3) is 4.20. The Kier molecular flexibility index (Phi) is 5.22. The molecule has 3 aromatic rings. The maximum Gasteiger partial charge on any atom is 0.0832 e. The van der Waals surface area contributed by atoms with E-state index in [4.69, 9.17) is 0 Å². The van der Waals surface area contributed by atoms with E-state index in [2.05, 4.69) is 98.8 Å². The molecule has 0 heterocycles. The minimum absolute atomic E-state index is 0.427.